The predicted octanol–water partition coefficient (Wildman–Crippen LogP) is 16.5. The number of phosphoric acid groups is 1. The molecule has 0 aromatic rings. The standard InChI is InChI=1S/C54H106NO8P/c1-6-8-10-12-14-15-16-17-18-19-20-21-22-23-24-25-26-27-28-29-30-31-32-33-34-35-36-37-38-39-41-43-45-47-54(57)63-52(51-62-64(58,59)61-49-48-55(3,4)5)50-60-53(56)46-44-42-40-13-11-9-7-2/h19-20,52H,6-18,21-51H2,1-5H3/p+1/b20-19-. The molecule has 0 aliphatic carbocycles. The van der Waals surface area contributed by atoms with Gasteiger partial charge in [0.2, 0.25) is 0 Å². The summed E-state index contributed by atoms with van der Waals surface area (Å²) in [5, 5.41) is 0. The lowest BCUT2D eigenvalue weighted by atomic mass is 10.0. The van der Waals surface area contributed by atoms with Gasteiger partial charge < -0.3 is 18.9 Å². The first-order valence-corrected chi connectivity index (χ1v) is 28.9. The van der Waals surface area contributed by atoms with Crippen LogP contribution in [0, 0.1) is 0 Å². The third-order valence-corrected chi connectivity index (χ3v) is 13.3. The Morgan fingerprint density at radius 1 is 0.469 bits per heavy atom. The first-order valence-electron chi connectivity index (χ1n) is 27.4. The van der Waals surface area contributed by atoms with Crippen LogP contribution in [0.4, 0.5) is 0 Å². The van der Waals surface area contributed by atoms with Gasteiger partial charge in [0.25, 0.3) is 0 Å². The van der Waals surface area contributed by atoms with Crippen LogP contribution in [0.1, 0.15) is 271 Å². The number of rotatable bonds is 51. The average molecular weight is 929 g/mol. The highest BCUT2D eigenvalue weighted by atomic mass is 31.2. The molecule has 0 spiro atoms. The number of hydrogen-bond donors (Lipinski definition) is 1. The third-order valence-electron chi connectivity index (χ3n) is 12.3. The molecular weight excluding hydrogens is 822 g/mol. The second-order valence-electron chi connectivity index (χ2n) is 20.0. The average Bonchev–Trinajstić information content (AvgIpc) is 3.25. The number of ether oxygens (including phenoxy) is 2. The van der Waals surface area contributed by atoms with Crippen LogP contribution >= 0.6 is 7.82 Å². The maximum atomic E-state index is 12.7. The SMILES string of the molecule is CCCCCCCCCC/C=C\CCCCCCCCCCCCCCCCCCCCCCCC(=O)OC(COC(=O)CCCCCCCCC)COP(=O)(O)OCC[N+](C)(C)C. The largest absolute Gasteiger partial charge is 0.472 e. The first-order chi connectivity index (χ1) is 31.0. The normalized spacial score (nSPS) is 13.4. The van der Waals surface area contributed by atoms with Crippen molar-refractivity contribution < 1.29 is 42.1 Å². The molecule has 0 aromatic carbocycles. The lowest BCUT2D eigenvalue weighted by Gasteiger charge is -2.24. The van der Waals surface area contributed by atoms with Crippen molar-refractivity contribution in [2.24, 2.45) is 0 Å². The Bertz CT molecular complexity index is 1100. The van der Waals surface area contributed by atoms with Gasteiger partial charge in [-0.3, -0.25) is 18.6 Å². The maximum Gasteiger partial charge on any atom is 0.472 e. The van der Waals surface area contributed by atoms with Crippen molar-refractivity contribution in [3.63, 3.8) is 0 Å². The molecule has 0 fully saturated rings. The Hall–Kier alpha value is -1.25. The molecule has 0 saturated carbocycles. The van der Waals surface area contributed by atoms with Crippen LogP contribution < -0.4 is 0 Å². The minimum Gasteiger partial charge on any atom is -0.462 e. The summed E-state index contributed by atoms with van der Waals surface area (Å²) in [4.78, 5) is 35.3. The van der Waals surface area contributed by atoms with Crippen LogP contribution in [0.2, 0.25) is 0 Å². The van der Waals surface area contributed by atoms with E-state index in [-0.39, 0.29) is 25.6 Å². The van der Waals surface area contributed by atoms with Crippen LogP contribution in [-0.4, -0.2) is 74.9 Å². The molecule has 0 saturated heterocycles. The summed E-state index contributed by atoms with van der Waals surface area (Å²) in [6.45, 7) is 4.41. The molecule has 0 radical (unpaired) electrons. The van der Waals surface area contributed by atoms with E-state index in [1.807, 2.05) is 21.1 Å². The lowest BCUT2D eigenvalue weighted by Crippen LogP contribution is -2.37. The maximum absolute atomic E-state index is 12.7. The summed E-state index contributed by atoms with van der Waals surface area (Å²) in [5.41, 5.74) is 0. The third kappa shape index (κ3) is 50.2. The topological polar surface area (TPSA) is 108 Å². The molecule has 2 atom stereocenters. The van der Waals surface area contributed by atoms with E-state index in [4.69, 9.17) is 18.5 Å². The number of allylic oxidation sites excluding steroid dienone is 2. The van der Waals surface area contributed by atoms with Crippen molar-refractivity contribution in [2.75, 3.05) is 47.5 Å². The molecule has 0 bridgehead atoms. The van der Waals surface area contributed by atoms with Gasteiger partial charge in [-0.25, -0.2) is 4.57 Å². The predicted molar refractivity (Wildman–Crippen MR) is 271 cm³/mol. The zero-order valence-electron chi connectivity index (χ0n) is 43.0. The Morgan fingerprint density at radius 3 is 1.16 bits per heavy atom. The Kier molecular flexibility index (Phi) is 45.9. The van der Waals surface area contributed by atoms with Crippen LogP contribution in [-0.2, 0) is 32.7 Å². The van der Waals surface area contributed by atoms with E-state index < -0.39 is 26.5 Å². The molecule has 0 aliphatic rings. The molecule has 64 heavy (non-hydrogen) atoms. The van der Waals surface area contributed by atoms with Crippen LogP contribution in [0.5, 0.6) is 0 Å². The fraction of sp³-hybridized carbons (Fsp3) is 0.926. The van der Waals surface area contributed by atoms with Gasteiger partial charge in [0.1, 0.15) is 19.8 Å². The van der Waals surface area contributed by atoms with Gasteiger partial charge in [-0.05, 0) is 38.5 Å². The number of carbonyl (C=O) groups is 2. The molecule has 9 nitrogen and oxygen atoms in total. The number of likely N-dealkylation sites (N-methyl/N-ethyl adjacent to an activating group) is 1. The number of phosphoric ester groups is 1. The van der Waals surface area contributed by atoms with Crippen molar-refractivity contribution in [3.8, 4) is 0 Å². The quantitative estimate of drug-likeness (QED) is 0.0211. The molecule has 2 unspecified atom stereocenters. The zero-order valence-corrected chi connectivity index (χ0v) is 43.9. The summed E-state index contributed by atoms with van der Waals surface area (Å²) < 4.78 is 34.3. The van der Waals surface area contributed by atoms with E-state index in [2.05, 4.69) is 26.0 Å². The van der Waals surface area contributed by atoms with E-state index >= 15 is 0 Å². The van der Waals surface area contributed by atoms with Crippen LogP contribution in [0.3, 0.4) is 0 Å². The van der Waals surface area contributed by atoms with Crippen molar-refractivity contribution in [2.45, 2.75) is 277 Å². The minimum atomic E-state index is -4.37. The van der Waals surface area contributed by atoms with Gasteiger partial charge in [0.05, 0.1) is 27.7 Å². The fourth-order valence-corrected chi connectivity index (χ4v) is 8.75. The van der Waals surface area contributed by atoms with Crippen LogP contribution in [0.25, 0.3) is 0 Å². The molecule has 0 rings (SSSR count). The molecule has 0 amide bonds. The smallest absolute Gasteiger partial charge is 0.462 e. The Balaban J connectivity index is 3.85. The summed E-state index contributed by atoms with van der Waals surface area (Å²) >= 11 is 0. The fourth-order valence-electron chi connectivity index (χ4n) is 8.01. The highest BCUT2D eigenvalue weighted by Gasteiger charge is 2.27. The zero-order chi connectivity index (χ0) is 47.1. The monoisotopic (exact) mass is 929 g/mol. The van der Waals surface area contributed by atoms with Crippen molar-refractivity contribution in [1.29, 1.82) is 0 Å². The summed E-state index contributed by atoms with van der Waals surface area (Å²) in [6.07, 6.45) is 53.3. The number of carbonyl (C=O) groups excluding carboxylic acids is 2. The van der Waals surface area contributed by atoms with E-state index in [0.29, 0.717) is 17.4 Å². The molecule has 1 N–H and O–H groups in total. The second-order valence-corrected chi connectivity index (χ2v) is 21.4. The summed E-state index contributed by atoms with van der Waals surface area (Å²) in [6, 6.07) is 0. The molecule has 0 aliphatic heterocycles. The highest BCUT2D eigenvalue weighted by Crippen LogP contribution is 2.43. The Morgan fingerprint density at radius 2 is 0.797 bits per heavy atom. The van der Waals surface area contributed by atoms with Crippen molar-refractivity contribution >= 4 is 19.8 Å². The molecule has 380 valence electrons. The van der Waals surface area contributed by atoms with E-state index in [0.717, 1.165) is 38.5 Å². The number of nitrogens with zero attached hydrogens (tertiary/aromatic N) is 1. The molecule has 0 aromatic heterocycles. The summed E-state index contributed by atoms with van der Waals surface area (Å²) in [5.74, 6) is -0.791. The molecular formula is C54H107NO8P+. The van der Waals surface area contributed by atoms with Crippen molar-refractivity contribution in [3.05, 3.63) is 12.2 Å². The Labute approximate surface area is 396 Å². The van der Waals surface area contributed by atoms with Gasteiger partial charge in [0.15, 0.2) is 6.10 Å². The van der Waals surface area contributed by atoms with E-state index in [1.54, 1.807) is 0 Å². The molecule has 10 heteroatoms. The second kappa shape index (κ2) is 46.8. The van der Waals surface area contributed by atoms with Gasteiger partial charge in [-0.15, -0.1) is 0 Å². The van der Waals surface area contributed by atoms with Gasteiger partial charge in [-0.1, -0.05) is 231 Å². The van der Waals surface area contributed by atoms with Gasteiger partial charge >= 0.3 is 19.8 Å². The molecule has 0 heterocycles. The van der Waals surface area contributed by atoms with Crippen LogP contribution in [0.15, 0.2) is 12.2 Å². The first kappa shape index (κ1) is 62.8. The van der Waals surface area contributed by atoms with E-state index in [9.17, 15) is 19.0 Å². The minimum absolute atomic E-state index is 0.0356. The number of esters is 2. The van der Waals surface area contributed by atoms with E-state index in [1.165, 1.54) is 205 Å². The van der Waals surface area contributed by atoms with Crippen molar-refractivity contribution in [1.82, 2.24) is 0 Å². The highest BCUT2D eigenvalue weighted by molar-refractivity contribution is 7.47. The number of unbranched alkanes of at least 4 members (excludes halogenated alkanes) is 35. The summed E-state index contributed by atoms with van der Waals surface area (Å²) in [7, 11) is 1.49. The van der Waals surface area contributed by atoms with Gasteiger partial charge in [-0.2, -0.15) is 0 Å². The van der Waals surface area contributed by atoms with Gasteiger partial charge in [0, 0.05) is 12.8 Å². The number of quaternary nitrogens is 1. The lowest BCUT2D eigenvalue weighted by molar-refractivity contribution is -0.870. The number of hydrogen-bond acceptors (Lipinski definition) is 7.